The van der Waals surface area contributed by atoms with E-state index in [0.717, 1.165) is 25.3 Å². The predicted molar refractivity (Wildman–Crippen MR) is 142 cm³/mol. The van der Waals surface area contributed by atoms with Gasteiger partial charge in [0.15, 0.2) is 0 Å². The van der Waals surface area contributed by atoms with Crippen molar-refractivity contribution in [2.24, 2.45) is 0 Å². The van der Waals surface area contributed by atoms with Crippen molar-refractivity contribution in [3.05, 3.63) is 106 Å². The fourth-order valence-corrected chi connectivity index (χ4v) is 6.54. The SMILES string of the molecule is CCN1C(=CC(=Cc2sc3ccccc3[n+]2CC)NCc2ccccc2)Sc2ccccc21. The third kappa shape index (κ3) is 4.56. The van der Waals surface area contributed by atoms with Gasteiger partial charge in [-0.05, 0) is 43.7 Å². The van der Waals surface area contributed by atoms with Crippen molar-refractivity contribution in [3.63, 3.8) is 0 Å². The van der Waals surface area contributed by atoms with Crippen LogP contribution in [0.15, 0.2) is 101 Å². The third-order valence-electron chi connectivity index (χ3n) is 5.80. The number of thioether (sulfide) groups is 1. The van der Waals surface area contributed by atoms with Crippen LogP contribution >= 0.6 is 23.1 Å². The fourth-order valence-electron chi connectivity index (χ4n) is 4.18. The molecule has 4 aromatic rings. The number of fused-ring (bicyclic) bond motifs is 2. The zero-order chi connectivity index (χ0) is 22.6. The minimum absolute atomic E-state index is 0.789. The van der Waals surface area contributed by atoms with Gasteiger partial charge in [-0.2, -0.15) is 4.57 Å². The maximum atomic E-state index is 3.72. The number of nitrogens with one attached hydrogen (secondary N) is 1. The summed E-state index contributed by atoms with van der Waals surface area (Å²) in [6.45, 7) is 7.11. The summed E-state index contributed by atoms with van der Waals surface area (Å²) >= 11 is 3.69. The average molecular weight is 471 g/mol. The Kier molecular flexibility index (Phi) is 6.51. The van der Waals surface area contributed by atoms with Gasteiger partial charge in [0, 0.05) is 35.8 Å². The lowest BCUT2D eigenvalue weighted by Gasteiger charge is -2.18. The first-order valence-corrected chi connectivity index (χ1v) is 13.1. The molecule has 3 nitrogen and oxygen atoms in total. The van der Waals surface area contributed by atoms with Crippen LogP contribution < -0.4 is 14.8 Å². The molecule has 5 heteroatoms. The molecule has 0 spiro atoms. The molecule has 0 unspecified atom stereocenters. The Balaban J connectivity index is 1.55. The molecule has 5 rings (SSSR count). The van der Waals surface area contributed by atoms with Crippen LogP contribution in [0.2, 0.25) is 0 Å². The fraction of sp³-hybridized carbons (Fsp3) is 0.179. The summed E-state index contributed by atoms with van der Waals surface area (Å²) < 4.78 is 3.72. The van der Waals surface area contributed by atoms with Crippen molar-refractivity contribution in [2.45, 2.75) is 31.8 Å². The predicted octanol–water partition coefficient (Wildman–Crippen LogP) is 6.81. The summed E-state index contributed by atoms with van der Waals surface area (Å²) in [4.78, 5) is 3.72. The largest absolute Gasteiger partial charge is 0.381 e. The molecule has 166 valence electrons. The minimum Gasteiger partial charge on any atom is -0.381 e. The van der Waals surface area contributed by atoms with Gasteiger partial charge in [0.2, 0.25) is 5.52 Å². The van der Waals surface area contributed by atoms with Crippen LogP contribution in [0.3, 0.4) is 0 Å². The van der Waals surface area contributed by atoms with E-state index in [1.165, 1.54) is 36.4 Å². The van der Waals surface area contributed by atoms with Crippen molar-refractivity contribution in [3.8, 4) is 0 Å². The van der Waals surface area contributed by atoms with Crippen molar-refractivity contribution in [1.82, 2.24) is 5.32 Å². The van der Waals surface area contributed by atoms with E-state index in [1.807, 2.05) is 23.1 Å². The summed E-state index contributed by atoms with van der Waals surface area (Å²) in [5, 5.41) is 6.23. The number of benzene rings is 3. The standard InChI is InChI=1S/C28H27N3S2/c1-3-30-23-14-8-10-16-25(23)32-27(30)18-22(29-20-21-12-6-5-7-13-21)19-28-31(4-2)24-15-9-11-17-26(24)33-28/h5-19H,3-4,20H2,1-2H3/p+1. The highest BCUT2D eigenvalue weighted by atomic mass is 32.2. The molecule has 2 heterocycles. The average Bonchev–Trinajstić information content (AvgIpc) is 3.39. The highest BCUT2D eigenvalue weighted by Crippen LogP contribution is 2.45. The van der Waals surface area contributed by atoms with Gasteiger partial charge in [-0.15, -0.1) is 0 Å². The number of hydrogen-bond acceptors (Lipinski definition) is 4. The normalized spacial score (nSPS) is 14.8. The number of anilines is 1. The second kappa shape index (κ2) is 9.86. The third-order valence-corrected chi connectivity index (χ3v) is 8.03. The van der Waals surface area contributed by atoms with Crippen molar-refractivity contribution >= 4 is 45.1 Å². The molecule has 3 aromatic carbocycles. The lowest BCUT2D eigenvalue weighted by atomic mass is 10.2. The first-order chi connectivity index (χ1) is 16.3. The number of aryl methyl sites for hydroxylation is 1. The van der Waals surface area contributed by atoms with E-state index in [2.05, 4.69) is 120 Å². The lowest BCUT2D eigenvalue weighted by Crippen LogP contribution is -2.33. The van der Waals surface area contributed by atoms with Gasteiger partial charge >= 0.3 is 0 Å². The molecule has 0 radical (unpaired) electrons. The molecule has 0 fully saturated rings. The van der Waals surface area contributed by atoms with E-state index in [0.29, 0.717) is 0 Å². The molecule has 0 saturated carbocycles. The molecule has 1 N–H and O–H groups in total. The number of para-hydroxylation sites is 2. The molecule has 0 amide bonds. The molecule has 0 aliphatic carbocycles. The van der Waals surface area contributed by atoms with E-state index in [4.69, 9.17) is 0 Å². The van der Waals surface area contributed by atoms with Gasteiger partial charge in [-0.3, -0.25) is 0 Å². The maximum absolute atomic E-state index is 3.72. The van der Waals surface area contributed by atoms with Gasteiger partial charge in [-0.1, -0.05) is 77.7 Å². The molecule has 0 saturated heterocycles. The number of allylic oxidation sites excluding steroid dienone is 1. The van der Waals surface area contributed by atoms with Crippen molar-refractivity contribution in [2.75, 3.05) is 11.4 Å². The Bertz CT molecular complexity index is 1320. The van der Waals surface area contributed by atoms with Crippen LogP contribution in [-0.2, 0) is 13.1 Å². The van der Waals surface area contributed by atoms with E-state index < -0.39 is 0 Å². The van der Waals surface area contributed by atoms with Crippen LogP contribution in [0.4, 0.5) is 5.69 Å². The Morgan fingerprint density at radius 3 is 2.52 bits per heavy atom. The maximum Gasteiger partial charge on any atom is 0.264 e. The van der Waals surface area contributed by atoms with E-state index >= 15 is 0 Å². The van der Waals surface area contributed by atoms with Gasteiger partial charge in [-0.25, -0.2) is 0 Å². The Morgan fingerprint density at radius 1 is 0.939 bits per heavy atom. The number of aromatic nitrogens is 1. The Labute approximate surface area is 204 Å². The van der Waals surface area contributed by atoms with Crippen LogP contribution in [0.5, 0.6) is 0 Å². The van der Waals surface area contributed by atoms with Crippen LogP contribution in [0.1, 0.15) is 24.4 Å². The molecule has 33 heavy (non-hydrogen) atoms. The number of rotatable bonds is 7. The zero-order valence-electron chi connectivity index (χ0n) is 19.0. The summed E-state index contributed by atoms with van der Waals surface area (Å²) in [6, 6.07) is 27.9. The van der Waals surface area contributed by atoms with E-state index in [-0.39, 0.29) is 0 Å². The first-order valence-electron chi connectivity index (χ1n) is 11.4. The molecular weight excluding hydrogens is 442 g/mol. The summed E-state index contributed by atoms with van der Waals surface area (Å²) in [5.74, 6) is 0. The van der Waals surface area contributed by atoms with Gasteiger partial charge in [0.1, 0.15) is 11.2 Å². The second-order valence-corrected chi connectivity index (χ2v) is 10.0. The molecular formula is C28H28N3S2+. The Morgan fingerprint density at radius 2 is 1.70 bits per heavy atom. The monoisotopic (exact) mass is 470 g/mol. The topological polar surface area (TPSA) is 19.1 Å². The Hall–Kier alpha value is -3.02. The molecule has 1 aromatic heterocycles. The molecule has 0 bridgehead atoms. The van der Waals surface area contributed by atoms with Crippen LogP contribution in [-0.4, -0.2) is 6.54 Å². The van der Waals surface area contributed by atoms with Gasteiger partial charge in [0.25, 0.3) is 5.01 Å². The molecule has 1 aliphatic rings. The van der Waals surface area contributed by atoms with Crippen molar-refractivity contribution < 1.29 is 4.57 Å². The minimum atomic E-state index is 0.789. The van der Waals surface area contributed by atoms with Gasteiger partial charge < -0.3 is 10.2 Å². The number of hydrogen-bond donors (Lipinski definition) is 1. The quantitative estimate of drug-likeness (QED) is 0.299. The number of thiazole rings is 1. The highest BCUT2D eigenvalue weighted by molar-refractivity contribution is 8.03. The molecule has 0 atom stereocenters. The smallest absolute Gasteiger partial charge is 0.264 e. The molecule has 1 aliphatic heterocycles. The summed E-state index contributed by atoms with van der Waals surface area (Å²) in [6.07, 6.45) is 4.61. The summed E-state index contributed by atoms with van der Waals surface area (Å²) in [7, 11) is 0. The van der Waals surface area contributed by atoms with Crippen LogP contribution in [0, 0.1) is 0 Å². The van der Waals surface area contributed by atoms with Crippen molar-refractivity contribution in [1.29, 1.82) is 0 Å². The number of nitrogens with zero attached hydrogens (tertiary/aromatic N) is 2. The zero-order valence-corrected chi connectivity index (χ0v) is 20.6. The summed E-state index contributed by atoms with van der Waals surface area (Å²) in [5.41, 5.74) is 4.99. The lowest BCUT2D eigenvalue weighted by molar-refractivity contribution is -0.665. The van der Waals surface area contributed by atoms with E-state index in [9.17, 15) is 0 Å². The second-order valence-electron chi connectivity index (χ2n) is 7.89. The van der Waals surface area contributed by atoms with E-state index in [1.54, 1.807) is 0 Å². The van der Waals surface area contributed by atoms with Crippen LogP contribution in [0.25, 0.3) is 16.3 Å². The first kappa shape index (κ1) is 21.8. The highest BCUT2D eigenvalue weighted by Gasteiger charge is 2.24. The van der Waals surface area contributed by atoms with Gasteiger partial charge in [0.05, 0.1) is 10.7 Å².